The first kappa shape index (κ1) is 9.09. The summed E-state index contributed by atoms with van der Waals surface area (Å²) in [5.74, 6) is 1.81. The van der Waals surface area contributed by atoms with Crippen LogP contribution in [0.4, 0.5) is 0 Å². The van der Waals surface area contributed by atoms with Crippen molar-refractivity contribution in [3.63, 3.8) is 0 Å². The highest BCUT2D eigenvalue weighted by Crippen LogP contribution is 2.41. The van der Waals surface area contributed by atoms with E-state index in [-0.39, 0.29) is 5.25 Å². The molecule has 2 heterocycles. The van der Waals surface area contributed by atoms with E-state index in [1.165, 1.54) is 0 Å². The van der Waals surface area contributed by atoms with Crippen LogP contribution in [0.1, 0.15) is 19.2 Å². The second-order valence-corrected chi connectivity index (χ2v) is 5.00. The lowest BCUT2D eigenvalue weighted by Crippen LogP contribution is -2.34. The number of nitrogens with zero attached hydrogens (tertiary/aromatic N) is 2. The third-order valence-electron chi connectivity index (χ3n) is 2.73. The molecule has 13 heavy (non-hydrogen) atoms. The first-order chi connectivity index (χ1) is 6.14. The van der Waals surface area contributed by atoms with Gasteiger partial charge in [0.1, 0.15) is 11.4 Å². The predicted octanol–water partition coefficient (Wildman–Crippen LogP) is 1.13. The van der Waals surface area contributed by atoms with E-state index in [4.69, 9.17) is 0 Å². The van der Waals surface area contributed by atoms with E-state index in [1.54, 1.807) is 6.20 Å². The summed E-state index contributed by atoms with van der Waals surface area (Å²) >= 11 is 1.81. The molecule has 1 fully saturated rings. The molecule has 1 aromatic heterocycles. The van der Waals surface area contributed by atoms with Crippen LogP contribution in [0.2, 0.25) is 0 Å². The van der Waals surface area contributed by atoms with E-state index < -0.39 is 5.60 Å². The van der Waals surface area contributed by atoms with Gasteiger partial charge in [-0.15, -0.1) is 0 Å². The first-order valence-corrected chi connectivity index (χ1v) is 5.51. The number of hydrogen-bond donors (Lipinski definition) is 1. The Morgan fingerprint density at radius 3 is 3.00 bits per heavy atom. The molecule has 0 amide bonds. The molecule has 3 nitrogen and oxygen atoms in total. The van der Waals surface area contributed by atoms with E-state index in [0.29, 0.717) is 0 Å². The highest BCUT2D eigenvalue weighted by atomic mass is 32.2. The van der Waals surface area contributed by atoms with Crippen molar-refractivity contribution in [2.75, 3.05) is 5.75 Å². The predicted molar refractivity (Wildman–Crippen MR) is 53.6 cm³/mol. The lowest BCUT2D eigenvalue weighted by Gasteiger charge is -2.25. The number of aliphatic hydroxyl groups is 1. The standard InChI is InChI=1S/C9H14N2OS/c1-7-9(12,3-6-13-7)8-10-4-5-11(8)2/h4-5,7,12H,3,6H2,1-2H3. The van der Waals surface area contributed by atoms with E-state index in [9.17, 15) is 5.11 Å². The Morgan fingerprint density at radius 2 is 2.54 bits per heavy atom. The van der Waals surface area contributed by atoms with Gasteiger partial charge in [-0.3, -0.25) is 0 Å². The van der Waals surface area contributed by atoms with Crippen LogP contribution in [0.3, 0.4) is 0 Å². The van der Waals surface area contributed by atoms with Gasteiger partial charge in [-0.2, -0.15) is 11.8 Å². The molecule has 0 aliphatic carbocycles. The van der Waals surface area contributed by atoms with Crippen molar-refractivity contribution in [3.8, 4) is 0 Å². The highest BCUT2D eigenvalue weighted by Gasteiger charge is 2.43. The Labute approximate surface area is 82.2 Å². The topological polar surface area (TPSA) is 38.1 Å². The molecule has 0 aromatic carbocycles. The summed E-state index contributed by atoms with van der Waals surface area (Å²) < 4.78 is 1.91. The van der Waals surface area contributed by atoms with Gasteiger partial charge < -0.3 is 9.67 Å². The molecule has 0 spiro atoms. The second-order valence-electron chi connectivity index (χ2n) is 3.55. The third kappa shape index (κ3) is 1.28. The smallest absolute Gasteiger partial charge is 0.141 e. The molecule has 1 N–H and O–H groups in total. The summed E-state index contributed by atoms with van der Waals surface area (Å²) in [6.07, 6.45) is 4.43. The zero-order valence-electron chi connectivity index (χ0n) is 7.90. The SMILES string of the molecule is CC1SCCC1(O)c1nccn1C. The largest absolute Gasteiger partial charge is 0.381 e. The zero-order valence-corrected chi connectivity index (χ0v) is 8.71. The summed E-state index contributed by atoms with van der Waals surface area (Å²) in [5.41, 5.74) is -0.719. The number of thioether (sulfide) groups is 1. The number of hydrogen-bond acceptors (Lipinski definition) is 3. The van der Waals surface area contributed by atoms with E-state index >= 15 is 0 Å². The maximum atomic E-state index is 10.4. The molecular weight excluding hydrogens is 184 g/mol. The minimum absolute atomic E-state index is 0.244. The van der Waals surface area contributed by atoms with Crippen LogP contribution in [-0.2, 0) is 12.6 Å². The highest BCUT2D eigenvalue weighted by molar-refractivity contribution is 8.00. The van der Waals surface area contributed by atoms with E-state index in [1.807, 2.05) is 29.6 Å². The van der Waals surface area contributed by atoms with Crippen LogP contribution >= 0.6 is 11.8 Å². The van der Waals surface area contributed by atoms with Crippen LogP contribution in [0.5, 0.6) is 0 Å². The number of rotatable bonds is 1. The summed E-state index contributed by atoms with van der Waals surface area (Å²) in [6, 6.07) is 0. The van der Waals surface area contributed by atoms with Crippen molar-refractivity contribution in [1.82, 2.24) is 9.55 Å². The molecule has 2 unspecified atom stereocenters. The van der Waals surface area contributed by atoms with Gasteiger partial charge >= 0.3 is 0 Å². The van der Waals surface area contributed by atoms with Crippen molar-refractivity contribution in [2.24, 2.45) is 7.05 Å². The van der Waals surface area contributed by atoms with Crippen LogP contribution in [0, 0.1) is 0 Å². The number of imidazole rings is 1. The monoisotopic (exact) mass is 198 g/mol. The average molecular weight is 198 g/mol. The molecule has 2 rings (SSSR count). The molecule has 1 aliphatic rings. The van der Waals surface area contributed by atoms with Gasteiger partial charge in [-0.1, -0.05) is 6.92 Å². The van der Waals surface area contributed by atoms with Gasteiger partial charge in [-0.05, 0) is 12.2 Å². The van der Waals surface area contributed by atoms with Crippen molar-refractivity contribution in [3.05, 3.63) is 18.2 Å². The molecule has 0 saturated carbocycles. The minimum atomic E-state index is -0.719. The Hall–Kier alpha value is -0.480. The van der Waals surface area contributed by atoms with Gasteiger partial charge in [0, 0.05) is 24.7 Å². The van der Waals surface area contributed by atoms with Gasteiger partial charge in [0.05, 0.1) is 0 Å². The van der Waals surface area contributed by atoms with Crippen LogP contribution in [-0.4, -0.2) is 25.7 Å². The van der Waals surface area contributed by atoms with E-state index in [0.717, 1.165) is 18.0 Å². The molecule has 1 saturated heterocycles. The molecule has 0 bridgehead atoms. The van der Waals surface area contributed by atoms with Crippen LogP contribution < -0.4 is 0 Å². The lowest BCUT2D eigenvalue weighted by atomic mass is 9.96. The van der Waals surface area contributed by atoms with Gasteiger partial charge in [-0.25, -0.2) is 4.98 Å². The lowest BCUT2D eigenvalue weighted by molar-refractivity contribution is 0.0308. The van der Waals surface area contributed by atoms with Crippen molar-refractivity contribution in [2.45, 2.75) is 24.2 Å². The fourth-order valence-corrected chi connectivity index (χ4v) is 3.09. The zero-order chi connectivity index (χ0) is 9.47. The van der Waals surface area contributed by atoms with Gasteiger partial charge in [0.2, 0.25) is 0 Å². The number of aromatic nitrogens is 2. The average Bonchev–Trinajstić information content (AvgIpc) is 2.62. The Balaban J connectivity index is 2.39. The quantitative estimate of drug-likeness (QED) is 0.735. The molecule has 0 radical (unpaired) electrons. The first-order valence-electron chi connectivity index (χ1n) is 4.46. The maximum absolute atomic E-state index is 10.4. The van der Waals surface area contributed by atoms with Crippen molar-refractivity contribution >= 4 is 11.8 Å². The fourth-order valence-electron chi connectivity index (χ4n) is 1.81. The molecule has 2 atom stereocenters. The number of aryl methyl sites for hydroxylation is 1. The van der Waals surface area contributed by atoms with Crippen molar-refractivity contribution in [1.29, 1.82) is 0 Å². The summed E-state index contributed by atoms with van der Waals surface area (Å²) in [4.78, 5) is 4.22. The van der Waals surface area contributed by atoms with Crippen LogP contribution in [0.15, 0.2) is 12.4 Å². The van der Waals surface area contributed by atoms with E-state index in [2.05, 4.69) is 11.9 Å². The van der Waals surface area contributed by atoms with Crippen LogP contribution in [0.25, 0.3) is 0 Å². The normalized spacial score (nSPS) is 33.9. The molecule has 72 valence electrons. The second kappa shape index (κ2) is 3.03. The summed E-state index contributed by atoms with van der Waals surface area (Å²) in [7, 11) is 1.93. The minimum Gasteiger partial charge on any atom is -0.381 e. The summed E-state index contributed by atoms with van der Waals surface area (Å²) in [6.45, 7) is 2.06. The van der Waals surface area contributed by atoms with Gasteiger partial charge in [0.25, 0.3) is 0 Å². The molecule has 1 aromatic rings. The van der Waals surface area contributed by atoms with Crippen molar-refractivity contribution < 1.29 is 5.11 Å². The third-order valence-corrected chi connectivity index (χ3v) is 4.06. The molecular formula is C9H14N2OS. The van der Waals surface area contributed by atoms with Gasteiger partial charge in [0.15, 0.2) is 0 Å². The Kier molecular flexibility index (Phi) is 2.12. The fraction of sp³-hybridized carbons (Fsp3) is 0.667. The maximum Gasteiger partial charge on any atom is 0.141 e. The Morgan fingerprint density at radius 1 is 1.77 bits per heavy atom. The summed E-state index contributed by atoms with van der Waals surface area (Å²) in [5, 5.41) is 10.6. The molecule has 4 heteroatoms. The molecule has 1 aliphatic heterocycles. The Bertz CT molecular complexity index is 312.